The zero-order valence-corrected chi connectivity index (χ0v) is 12.7. The second kappa shape index (κ2) is 5.38. The Morgan fingerprint density at radius 2 is 2.00 bits per heavy atom. The monoisotopic (exact) mass is 321 g/mol. The van der Waals surface area contributed by atoms with Crippen LogP contribution >= 0.6 is 0 Å². The lowest BCUT2D eigenvalue weighted by Gasteiger charge is -2.04. The van der Waals surface area contributed by atoms with Crippen molar-refractivity contribution in [1.82, 2.24) is 24.4 Å². The second-order valence-corrected chi connectivity index (χ2v) is 5.32. The van der Waals surface area contributed by atoms with Gasteiger partial charge in [0.15, 0.2) is 0 Å². The van der Waals surface area contributed by atoms with E-state index in [1.54, 1.807) is 48.4 Å². The van der Waals surface area contributed by atoms with E-state index in [0.717, 1.165) is 5.52 Å². The van der Waals surface area contributed by atoms with Gasteiger partial charge in [-0.3, -0.25) is 9.78 Å². The Kier molecular flexibility index (Phi) is 3.19. The van der Waals surface area contributed by atoms with Crippen LogP contribution in [0.15, 0.2) is 59.8 Å². The van der Waals surface area contributed by atoms with Gasteiger partial charge in [0.05, 0.1) is 23.0 Å². The molecule has 0 radical (unpaired) electrons. The second-order valence-electron chi connectivity index (χ2n) is 5.32. The van der Waals surface area contributed by atoms with E-state index in [1.807, 2.05) is 0 Å². The summed E-state index contributed by atoms with van der Waals surface area (Å²) in [5.41, 5.74) is 2.99. The fraction of sp³-hybridized carbons (Fsp3) is 0.0588. The summed E-state index contributed by atoms with van der Waals surface area (Å²) in [4.78, 5) is 15.8. The molecule has 0 fully saturated rings. The summed E-state index contributed by atoms with van der Waals surface area (Å²) < 4.78 is 16.6. The third-order valence-electron chi connectivity index (χ3n) is 3.75. The summed E-state index contributed by atoms with van der Waals surface area (Å²) in [6, 6.07) is 9.28. The molecule has 0 bridgehead atoms. The van der Waals surface area contributed by atoms with Crippen LogP contribution in [0.5, 0.6) is 0 Å². The lowest BCUT2D eigenvalue weighted by molar-refractivity contribution is 0.628. The van der Waals surface area contributed by atoms with Crippen molar-refractivity contribution in [2.75, 3.05) is 0 Å². The first-order valence-electron chi connectivity index (χ1n) is 7.26. The molecule has 7 heteroatoms. The highest BCUT2D eigenvalue weighted by atomic mass is 19.1. The minimum Gasteiger partial charge on any atom is -0.268 e. The van der Waals surface area contributed by atoms with E-state index < -0.39 is 0 Å². The van der Waals surface area contributed by atoms with Crippen LogP contribution in [0.4, 0.5) is 4.39 Å². The van der Waals surface area contributed by atoms with E-state index in [0.29, 0.717) is 22.5 Å². The molecule has 1 aromatic carbocycles. The van der Waals surface area contributed by atoms with Gasteiger partial charge in [-0.2, -0.15) is 10.2 Å². The average Bonchev–Trinajstić information content (AvgIpc) is 2.97. The predicted octanol–water partition coefficient (Wildman–Crippen LogP) is 2.30. The number of nitrogens with zero attached hydrogens (tertiary/aromatic N) is 5. The molecule has 118 valence electrons. The van der Waals surface area contributed by atoms with E-state index in [9.17, 15) is 9.18 Å². The van der Waals surface area contributed by atoms with Crippen molar-refractivity contribution in [3.05, 3.63) is 71.2 Å². The van der Waals surface area contributed by atoms with Crippen LogP contribution < -0.4 is 5.56 Å². The summed E-state index contributed by atoms with van der Waals surface area (Å²) in [7, 11) is 1.58. The molecule has 4 rings (SSSR count). The maximum atomic E-state index is 13.7. The molecule has 0 aliphatic carbocycles. The Labute approximate surface area is 135 Å². The van der Waals surface area contributed by atoms with E-state index >= 15 is 0 Å². The van der Waals surface area contributed by atoms with Gasteiger partial charge in [-0.25, -0.2) is 13.6 Å². The molecule has 0 aliphatic heterocycles. The topological polar surface area (TPSA) is 65.1 Å². The standard InChI is InChI=1S/C17H12FN5O/c1-22-15(24)6-5-13(20-22)16-14-10-19-7-8-23(14)21-17(16)11-3-2-4-12(18)9-11/h2-10H,1H3. The minimum absolute atomic E-state index is 0.208. The van der Waals surface area contributed by atoms with Gasteiger partial charge in [0, 0.05) is 31.1 Å². The van der Waals surface area contributed by atoms with E-state index in [-0.39, 0.29) is 11.4 Å². The molecule has 0 atom stereocenters. The van der Waals surface area contributed by atoms with Crippen LogP contribution in [-0.2, 0) is 7.05 Å². The Morgan fingerprint density at radius 1 is 1.12 bits per heavy atom. The predicted molar refractivity (Wildman–Crippen MR) is 86.9 cm³/mol. The molecule has 3 heterocycles. The van der Waals surface area contributed by atoms with Gasteiger partial charge < -0.3 is 0 Å². The first-order valence-corrected chi connectivity index (χ1v) is 7.26. The van der Waals surface area contributed by atoms with Crippen LogP contribution in [0.2, 0.25) is 0 Å². The van der Waals surface area contributed by atoms with Gasteiger partial charge in [-0.1, -0.05) is 12.1 Å². The number of fused-ring (bicyclic) bond motifs is 1. The van der Waals surface area contributed by atoms with Crippen LogP contribution in [0.25, 0.3) is 28.0 Å². The Bertz CT molecular complexity index is 1120. The third-order valence-corrected chi connectivity index (χ3v) is 3.75. The van der Waals surface area contributed by atoms with Crippen molar-refractivity contribution in [3.8, 4) is 22.5 Å². The van der Waals surface area contributed by atoms with Crippen molar-refractivity contribution >= 4 is 5.52 Å². The largest absolute Gasteiger partial charge is 0.268 e. The summed E-state index contributed by atoms with van der Waals surface area (Å²) in [5.74, 6) is -0.345. The van der Waals surface area contributed by atoms with Crippen molar-refractivity contribution in [1.29, 1.82) is 0 Å². The maximum Gasteiger partial charge on any atom is 0.266 e. The van der Waals surface area contributed by atoms with Gasteiger partial charge >= 0.3 is 0 Å². The molecule has 3 aromatic heterocycles. The van der Waals surface area contributed by atoms with Crippen molar-refractivity contribution in [3.63, 3.8) is 0 Å². The lowest BCUT2D eigenvalue weighted by atomic mass is 10.0. The summed E-state index contributed by atoms with van der Waals surface area (Å²) in [6.45, 7) is 0. The average molecular weight is 321 g/mol. The first-order chi connectivity index (χ1) is 11.6. The van der Waals surface area contributed by atoms with Crippen molar-refractivity contribution < 1.29 is 4.39 Å². The van der Waals surface area contributed by atoms with Gasteiger partial charge in [-0.05, 0) is 18.2 Å². The number of hydrogen-bond donors (Lipinski definition) is 0. The van der Waals surface area contributed by atoms with Crippen LogP contribution in [0.1, 0.15) is 0 Å². The molecular formula is C17H12FN5O. The minimum atomic E-state index is -0.345. The quantitative estimate of drug-likeness (QED) is 0.568. The summed E-state index contributed by atoms with van der Waals surface area (Å²) in [6.07, 6.45) is 4.99. The van der Waals surface area contributed by atoms with E-state index in [2.05, 4.69) is 15.2 Å². The zero-order chi connectivity index (χ0) is 16.7. The molecule has 6 nitrogen and oxygen atoms in total. The molecular weight excluding hydrogens is 309 g/mol. The number of aromatic nitrogens is 5. The smallest absolute Gasteiger partial charge is 0.266 e. The molecule has 0 spiro atoms. The summed E-state index contributed by atoms with van der Waals surface area (Å²) in [5, 5.41) is 8.84. The van der Waals surface area contributed by atoms with Crippen molar-refractivity contribution in [2.24, 2.45) is 7.05 Å². The lowest BCUT2D eigenvalue weighted by Crippen LogP contribution is -2.18. The van der Waals surface area contributed by atoms with Gasteiger partial charge in [0.2, 0.25) is 0 Å². The molecule has 0 amide bonds. The van der Waals surface area contributed by atoms with Crippen LogP contribution in [0.3, 0.4) is 0 Å². The Morgan fingerprint density at radius 3 is 2.79 bits per heavy atom. The Hall–Kier alpha value is -3.35. The van der Waals surface area contributed by atoms with Crippen LogP contribution in [-0.4, -0.2) is 24.4 Å². The molecule has 0 N–H and O–H groups in total. The molecule has 0 unspecified atom stereocenters. The fourth-order valence-corrected chi connectivity index (χ4v) is 2.63. The van der Waals surface area contributed by atoms with E-state index in [4.69, 9.17) is 0 Å². The first kappa shape index (κ1) is 14.3. The number of rotatable bonds is 2. The number of hydrogen-bond acceptors (Lipinski definition) is 4. The van der Waals surface area contributed by atoms with Gasteiger partial charge in [0.1, 0.15) is 11.5 Å². The Balaban J connectivity index is 2.07. The normalized spacial score (nSPS) is 11.1. The SMILES string of the molecule is Cn1nc(-c2c(-c3cccc(F)c3)nn3ccncc23)ccc1=O. The molecule has 24 heavy (non-hydrogen) atoms. The molecule has 0 saturated heterocycles. The summed E-state index contributed by atoms with van der Waals surface area (Å²) >= 11 is 0. The van der Waals surface area contributed by atoms with Gasteiger partial charge in [-0.15, -0.1) is 0 Å². The maximum absolute atomic E-state index is 13.7. The third kappa shape index (κ3) is 2.26. The molecule has 0 saturated carbocycles. The number of aryl methyl sites for hydroxylation is 1. The number of benzene rings is 1. The number of halogens is 1. The van der Waals surface area contributed by atoms with Gasteiger partial charge in [0.25, 0.3) is 5.56 Å². The molecule has 0 aliphatic rings. The van der Waals surface area contributed by atoms with Crippen LogP contribution in [0, 0.1) is 5.82 Å². The highest BCUT2D eigenvalue weighted by Gasteiger charge is 2.18. The highest BCUT2D eigenvalue weighted by molar-refractivity contribution is 5.90. The van der Waals surface area contributed by atoms with E-state index in [1.165, 1.54) is 22.9 Å². The molecule has 4 aromatic rings. The highest BCUT2D eigenvalue weighted by Crippen LogP contribution is 2.33. The fourth-order valence-electron chi connectivity index (χ4n) is 2.63. The zero-order valence-electron chi connectivity index (χ0n) is 12.7. The van der Waals surface area contributed by atoms with Crippen molar-refractivity contribution in [2.45, 2.75) is 0 Å².